The van der Waals surface area contributed by atoms with E-state index >= 15 is 0 Å². The summed E-state index contributed by atoms with van der Waals surface area (Å²) in [5.74, 6) is 0.353. The van der Waals surface area contributed by atoms with E-state index in [1.54, 1.807) is 0 Å². The fraction of sp³-hybridized carbons (Fsp3) is 0.381. The maximum absolute atomic E-state index is 13.0. The molecule has 146 valence electrons. The number of carbonyl (C=O) groups is 1. The van der Waals surface area contributed by atoms with Crippen molar-refractivity contribution in [3.05, 3.63) is 71.0 Å². The first kappa shape index (κ1) is 21.2. The maximum atomic E-state index is 13.0. The molecular formula is C21H27ClFN3O. The van der Waals surface area contributed by atoms with Gasteiger partial charge in [-0.2, -0.15) is 0 Å². The van der Waals surface area contributed by atoms with E-state index in [0.717, 1.165) is 49.0 Å². The summed E-state index contributed by atoms with van der Waals surface area (Å²) in [4.78, 5) is 14.2. The van der Waals surface area contributed by atoms with E-state index in [1.807, 2.05) is 41.3 Å². The second-order valence-corrected chi connectivity index (χ2v) is 6.94. The van der Waals surface area contributed by atoms with Gasteiger partial charge in [0.05, 0.1) is 0 Å². The molecule has 2 amide bonds. The highest BCUT2D eigenvalue weighted by molar-refractivity contribution is 5.85. The number of nitrogens with two attached hydrogens (primary N) is 1. The zero-order valence-corrected chi connectivity index (χ0v) is 16.2. The third-order valence-corrected chi connectivity index (χ3v) is 5.04. The summed E-state index contributed by atoms with van der Waals surface area (Å²) >= 11 is 0. The lowest BCUT2D eigenvalue weighted by atomic mass is 9.90. The lowest BCUT2D eigenvalue weighted by molar-refractivity contribution is 0.170. The Morgan fingerprint density at radius 3 is 2.15 bits per heavy atom. The molecule has 0 spiro atoms. The Labute approximate surface area is 166 Å². The van der Waals surface area contributed by atoms with E-state index < -0.39 is 0 Å². The molecule has 4 nitrogen and oxygen atoms in total. The van der Waals surface area contributed by atoms with Gasteiger partial charge in [0.25, 0.3) is 0 Å². The Hall–Kier alpha value is -2.11. The highest BCUT2D eigenvalue weighted by Gasteiger charge is 2.22. The van der Waals surface area contributed by atoms with Crippen molar-refractivity contribution in [1.29, 1.82) is 0 Å². The molecule has 2 aromatic carbocycles. The van der Waals surface area contributed by atoms with Crippen LogP contribution in [0, 0.1) is 11.7 Å². The molecule has 1 saturated heterocycles. The average Bonchev–Trinajstić information content (AvgIpc) is 2.69. The van der Waals surface area contributed by atoms with Crippen LogP contribution in [-0.2, 0) is 19.5 Å². The molecule has 2 aromatic rings. The van der Waals surface area contributed by atoms with Crippen molar-refractivity contribution in [2.75, 3.05) is 13.1 Å². The van der Waals surface area contributed by atoms with E-state index in [9.17, 15) is 9.18 Å². The molecule has 0 aliphatic carbocycles. The van der Waals surface area contributed by atoms with E-state index in [-0.39, 0.29) is 24.3 Å². The highest BCUT2D eigenvalue weighted by atomic mass is 35.5. The Bertz CT molecular complexity index is 713. The van der Waals surface area contributed by atoms with Crippen molar-refractivity contribution in [3.8, 4) is 0 Å². The smallest absolute Gasteiger partial charge is 0.317 e. The minimum atomic E-state index is -0.196. The van der Waals surface area contributed by atoms with Crippen LogP contribution in [0.1, 0.15) is 29.5 Å². The fourth-order valence-corrected chi connectivity index (χ4v) is 3.38. The number of rotatable bonds is 5. The van der Waals surface area contributed by atoms with E-state index in [0.29, 0.717) is 19.0 Å². The van der Waals surface area contributed by atoms with Gasteiger partial charge in [-0.3, -0.25) is 0 Å². The van der Waals surface area contributed by atoms with Gasteiger partial charge in [-0.15, -0.1) is 12.4 Å². The number of halogens is 2. The molecule has 0 atom stereocenters. The standard InChI is InChI=1S/C21H26FN3O.ClH/c22-20-7-5-16(6-8-20)13-17-9-11-25(12-10-17)21(26)24-15-19-3-1-18(14-23)2-4-19;/h1-8,17H,9-15,23H2,(H,24,26);1H. The number of nitrogens with zero attached hydrogens (tertiary/aromatic N) is 1. The average molecular weight is 392 g/mol. The molecule has 3 N–H and O–H groups in total. The first-order valence-corrected chi connectivity index (χ1v) is 9.19. The molecule has 0 bridgehead atoms. The van der Waals surface area contributed by atoms with Crippen molar-refractivity contribution in [3.63, 3.8) is 0 Å². The summed E-state index contributed by atoms with van der Waals surface area (Å²) < 4.78 is 13.0. The predicted octanol–water partition coefficient (Wildman–Crippen LogP) is 3.87. The number of carbonyl (C=O) groups excluding carboxylic acids is 1. The summed E-state index contributed by atoms with van der Waals surface area (Å²) in [6.45, 7) is 2.59. The molecule has 6 heteroatoms. The Balaban J connectivity index is 0.00000261. The van der Waals surface area contributed by atoms with Gasteiger partial charge in [-0.1, -0.05) is 36.4 Å². The van der Waals surface area contributed by atoms with E-state index in [4.69, 9.17) is 5.73 Å². The van der Waals surface area contributed by atoms with Gasteiger partial charge in [0.1, 0.15) is 5.82 Å². The summed E-state index contributed by atoms with van der Waals surface area (Å²) in [5, 5.41) is 2.99. The van der Waals surface area contributed by atoms with Gasteiger partial charge < -0.3 is 16.0 Å². The Kier molecular flexibility index (Phi) is 8.07. The number of urea groups is 1. The quantitative estimate of drug-likeness (QED) is 0.812. The van der Waals surface area contributed by atoms with Crippen molar-refractivity contribution >= 4 is 18.4 Å². The van der Waals surface area contributed by atoms with Crippen LogP contribution in [-0.4, -0.2) is 24.0 Å². The van der Waals surface area contributed by atoms with Gasteiger partial charge in [-0.05, 0) is 54.0 Å². The number of benzene rings is 2. The van der Waals surface area contributed by atoms with Crippen LogP contribution < -0.4 is 11.1 Å². The number of hydrogen-bond donors (Lipinski definition) is 2. The largest absolute Gasteiger partial charge is 0.334 e. The summed E-state index contributed by atoms with van der Waals surface area (Å²) in [5.41, 5.74) is 8.91. The molecule has 0 aromatic heterocycles. The van der Waals surface area contributed by atoms with Crippen LogP contribution in [0.3, 0.4) is 0 Å². The minimum Gasteiger partial charge on any atom is -0.334 e. The predicted molar refractivity (Wildman–Crippen MR) is 108 cm³/mol. The molecule has 1 heterocycles. The lowest BCUT2D eigenvalue weighted by Crippen LogP contribution is -2.44. The number of nitrogens with one attached hydrogen (secondary N) is 1. The molecular weight excluding hydrogens is 365 g/mol. The lowest BCUT2D eigenvalue weighted by Gasteiger charge is -2.32. The first-order chi connectivity index (χ1) is 12.6. The molecule has 1 fully saturated rings. The second-order valence-electron chi connectivity index (χ2n) is 6.94. The SMILES string of the molecule is Cl.NCc1ccc(CNC(=O)N2CCC(Cc3ccc(F)cc3)CC2)cc1. The van der Waals surface area contributed by atoms with E-state index in [2.05, 4.69) is 5.32 Å². The summed E-state index contributed by atoms with van der Waals surface area (Å²) in [6.07, 6.45) is 2.91. The van der Waals surface area contributed by atoms with Crippen LogP contribution >= 0.6 is 12.4 Å². The van der Waals surface area contributed by atoms with E-state index in [1.165, 1.54) is 12.1 Å². The molecule has 3 rings (SSSR count). The molecule has 0 radical (unpaired) electrons. The summed E-state index contributed by atoms with van der Waals surface area (Å²) in [7, 11) is 0. The molecule has 27 heavy (non-hydrogen) atoms. The topological polar surface area (TPSA) is 58.4 Å². The van der Waals surface area contributed by atoms with Gasteiger partial charge in [0.15, 0.2) is 0 Å². The number of likely N-dealkylation sites (tertiary alicyclic amines) is 1. The van der Waals surface area contributed by atoms with Gasteiger partial charge in [0, 0.05) is 26.2 Å². The third kappa shape index (κ3) is 6.22. The number of hydrogen-bond acceptors (Lipinski definition) is 2. The third-order valence-electron chi connectivity index (χ3n) is 5.04. The van der Waals surface area contributed by atoms with Gasteiger partial charge >= 0.3 is 6.03 Å². The van der Waals surface area contributed by atoms with Crippen LogP contribution in [0.4, 0.5) is 9.18 Å². The monoisotopic (exact) mass is 391 g/mol. The first-order valence-electron chi connectivity index (χ1n) is 9.19. The van der Waals surface area contributed by atoms with Crippen molar-refractivity contribution < 1.29 is 9.18 Å². The minimum absolute atomic E-state index is 0. The maximum Gasteiger partial charge on any atom is 0.317 e. The number of amides is 2. The Morgan fingerprint density at radius 2 is 1.56 bits per heavy atom. The highest BCUT2D eigenvalue weighted by Crippen LogP contribution is 2.22. The Morgan fingerprint density at radius 1 is 1.00 bits per heavy atom. The number of piperidine rings is 1. The zero-order chi connectivity index (χ0) is 18.4. The molecule has 1 aliphatic heterocycles. The second kappa shape index (κ2) is 10.3. The molecule has 0 unspecified atom stereocenters. The molecule has 0 saturated carbocycles. The van der Waals surface area contributed by atoms with Gasteiger partial charge in [-0.25, -0.2) is 9.18 Å². The van der Waals surface area contributed by atoms with Crippen LogP contribution in [0.2, 0.25) is 0 Å². The van der Waals surface area contributed by atoms with Crippen molar-refractivity contribution in [1.82, 2.24) is 10.2 Å². The zero-order valence-electron chi connectivity index (χ0n) is 15.4. The summed E-state index contributed by atoms with van der Waals surface area (Å²) in [6, 6.07) is 14.7. The molecule has 1 aliphatic rings. The van der Waals surface area contributed by atoms with Gasteiger partial charge in [0.2, 0.25) is 0 Å². The van der Waals surface area contributed by atoms with Crippen LogP contribution in [0.25, 0.3) is 0 Å². The fourth-order valence-electron chi connectivity index (χ4n) is 3.38. The van der Waals surface area contributed by atoms with Crippen LogP contribution in [0.5, 0.6) is 0 Å². The van der Waals surface area contributed by atoms with Crippen molar-refractivity contribution in [2.24, 2.45) is 11.7 Å². The van der Waals surface area contributed by atoms with Crippen LogP contribution in [0.15, 0.2) is 48.5 Å². The van der Waals surface area contributed by atoms with Crippen molar-refractivity contribution in [2.45, 2.75) is 32.4 Å². The normalized spacial score (nSPS) is 14.5.